The van der Waals surface area contributed by atoms with E-state index < -0.39 is 18.2 Å². The van der Waals surface area contributed by atoms with Crippen molar-refractivity contribution in [3.63, 3.8) is 0 Å². The Labute approximate surface area is 132 Å². The molecule has 6 nitrogen and oxygen atoms in total. The van der Waals surface area contributed by atoms with E-state index in [0.29, 0.717) is 36.6 Å². The first-order valence-electron chi connectivity index (χ1n) is 7.16. The Morgan fingerprint density at radius 2 is 2.00 bits per heavy atom. The number of ether oxygens (including phenoxy) is 2. The van der Waals surface area contributed by atoms with Gasteiger partial charge in [-0.25, -0.2) is 4.79 Å². The third-order valence-electron chi connectivity index (χ3n) is 3.93. The van der Waals surface area contributed by atoms with Crippen LogP contribution in [0.1, 0.15) is 30.9 Å². The zero-order chi connectivity index (χ0) is 15.7. The normalized spacial score (nSPS) is 26.9. The number of fused-ring (bicyclic) bond motifs is 1. The number of rotatable bonds is 3. The zero-order valence-corrected chi connectivity index (χ0v) is 12.5. The molecule has 1 unspecified atom stereocenters. The smallest absolute Gasteiger partial charge is 0.332 e. The van der Waals surface area contributed by atoms with Gasteiger partial charge in [-0.15, -0.1) is 0 Å². The molecule has 0 aromatic heterocycles. The number of carbonyl (C=O) groups excluding carboxylic acids is 1. The molecule has 2 aliphatic rings. The number of nitrogens with one attached hydrogen (secondary N) is 1. The van der Waals surface area contributed by atoms with Crippen LogP contribution in [0.15, 0.2) is 18.2 Å². The maximum atomic E-state index is 12.3. The SMILES string of the molecule is O=C(NC1CCOc2c(Cl)cccc21)[C@@H]1CC[C@H](C(=O)O)O1. The molecule has 1 aromatic rings. The molecule has 0 spiro atoms. The van der Waals surface area contributed by atoms with E-state index in [-0.39, 0.29) is 11.9 Å². The standard InChI is InChI=1S/C15H16ClNO5/c16-9-3-1-2-8-10(6-7-21-13(8)9)17-14(18)11-4-5-12(22-11)15(19)20/h1-3,10-12H,4-7H2,(H,17,18)(H,19,20)/t10?,11-,12+/m0/s1. The summed E-state index contributed by atoms with van der Waals surface area (Å²) in [7, 11) is 0. The van der Waals surface area contributed by atoms with E-state index in [1.54, 1.807) is 6.07 Å². The van der Waals surface area contributed by atoms with Gasteiger partial charge in [0.2, 0.25) is 5.91 Å². The highest BCUT2D eigenvalue weighted by atomic mass is 35.5. The van der Waals surface area contributed by atoms with Crippen molar-refractivity contribution in [3.8, 4) is 5.75 Å². The minimum atomic E-state index is -1.03. The summed E-state index contributed by atoms with van der Waals surface area (Å²) in [6.45, 7) is 0.463. The molecule has 3 atom stereocenters. The van der Waals surface area contributed by atoms with Gasteiger partial charge < -0.3 is 19.9 Å². The van der Waals surface area contributed by atoms with Gasteiger partial charge in [0, 0.05) is 12.0 Å². The molecule has 1 aromatic carbocycles. The van der Waals surface area contributed by atoms with Crippen LogP contribution in [-0.4, -0.2) is 35.8 Å². The average Bonchev–Trinajstić information content (AvgIpc) is 2.98. The van der Waals surface area contributed by atoms with E-state index in [1.807, 2.05) is 12.1 Å². The summed E-state index contributed by atoms with van der Waals surface area (Å²) in [5, 5.41) is 12.3. The first-order valence-corrected chi connectivity index (χ1v) is 7.54. The number of hydrogen-bond acceptors (Lipinski definition) is 4. The van der Waals surface area contributed by atoms with Crippen LogP contribution < -0.4 is 10.1 Å². The van der Waals surface area contributed by atoms with Crippen molar-refractivity contribution < 1.29 is 24.2 Å². The fourth-order valence-electron chi connectivity index (χ4n) is 2.81. The Hall–Kier alpha value is -1.79. The second kappa shape index (κ2) is 6.14. The molecular formula is C15H16ClNO5. The first-order chi connectivity index (χ1) is 10.6. The van der Waals surface area contributed by atoms with Gasteiger partial charge in [-0.05, 0) is 18.9 Å². The molecule has 0 bridgehead atoms. The maximum absolute atomic E-state index is 12.3. The molecule has 0 radical (unpaired) electrons. The van der Waals surface area contributed by atoms with Crippen molar-refractivity contribution in [1.82, 2.24) is 5.32 Å². The molecule has 7 heteroatoms. The summed E-state index contributed by atoms with van der Waals surface area (Å²) in [6, 6.07) is 5.20. The van der Waals surface area contributed by atoms with Gasteiger partial charge in [-0.3, -0.25) is 4.79 Å². The first kappa shape index (κ1) is 15.1. The molecule has 118 valence electrons. The third-order valence-corrected chi connectivity index (χ3v) is 4.23. The Balaban J connectivity index is 1.69. The number of amides is 1. The highest BCUT2D eigenvalue weighted by Gasteiger charge is 2.36. The van der Waals surface area contributed by atoms with Crippen LogP contribution in [0.25, 0.3) is 0 Å². The second-order valence-electron chi connectivity index (χ2n) is 5.39. The Morgan fingerprint density at radius 1 is 1.23 bits per heavy atom. The lowest BCUT2D eigenvalue weighted by Gasteiger charge is -2.28. The number of carbonyl (C=O) groups is 2. The monoisotopic (exact) mass is 325 g/mol. The Bertz CT molecular complexity index is 606. The van der Waals surface area contributed by atoms with Crippen molar-refractivity contribution in [2.75, 3.05) is 6.61 Å². The van der Waals surface area contributed by atoms with Crippen LogP contribution in [0.2, 0.25) is 5.02 Å². The van der Waals surface area contributed by atoms with Crippen molar-refractivity contribution in [2.24, 2.45) is 0 Å². The fraction of sp³-hybridized carbons (Fsp3) is 0.467. The van der Waals surface area contributed by atoms with Crippen molar-refractivity contribution >= 4 is 23.5 Å². The van der Waals surface area contributed by atoms with E-state index in [0.717, 1.165) is 5.56 Å². The summed E-state index contributed by atoms with van der Waals surface area (Å²) in [4.78, 5) is 23.1. The second-order valence-corrected chi connectivity index (χ2v) is 5.79. The summed E-state index contributed by atoms with van der Waals surface area (Å²) >= 11 is 6.10. The summed E-state index contributed by atoms with van der Waals surface area (Å²) in [5.41, 5.74) is 0.833. The van der Waals surface area contributed by atoms with Gasteiger partial charge in [0.05, 0.1) is 17.7 Å². The number of benzene rings is 1. The minimum Gasteiger partial charge on any atom is -0.492 e. The van der Waals surface area contributed by atoms with Gasteiger partial charge in [-0.2, -0.15) is 0 Å². The van der Waals surface area contributed by atoms with Gasteiger partial charge in [0.1, 0.15) is 11.9 Å². The molecule has 1 saturated heterocycles. The predicted molar refractivity (Wildman–Crippen MR) is 78.0 cm³/mol. The Kier molecular flexibility index (Phi) is 4.22. The fourth-order valence-corrected chi connectivity index (χ4v) is 3.05. The van der Waals surface area contributed by atoms with Crippen LogP contribution in [0.4, 0.5) is 0 Å². The quantitative estimate of drug-likeness (QED) is 0.886. The van der Waals surface area contributed by atoms with E-state index in [9.17, 15) is 9.59 Å². The number of aliphatic carboxylic acids is 1. The largest absolute Gasteiger partial charge is 0.492 e. The van der Waals surface area contributed by atoms with Crippen LogP contribution in [-0.2, 0) is 14.3 Å². The minimum absolute atomic E-state index is 0.206. The van der Waals surface area contributed by atoms with Crippen LogP contribution in [0, 0.1) is 0 Å². The van der Waals surface area contributed by atoms with E-state index in [1.165, 1.54) is 0 Å². The molecule has 1 fully saturated rings. The average molecular weight is 326 g/mol. The van der Waals surface area contributed by atoms with Gasteiger partial charge >= 0.3 is 5.97 Å². The molecule has 1 amide bonds. The summed E-state index contributed by atoms with van der Waals surface area (Å²) in [6.07, 6.45) is -0.217. The van der Waals surface area contributed by atoms with Crippen molar-refractivity contribution in [1.29, 1.82) is 0 Å². The number of carboxylic acid groups (broad SMARTS) is 1. The molecule has 0 saturated carbocycles. The van der Waals surface area contributed by atoms with Crippen LogP contribution in [0.3, 0.4) is 0 Å². The molecule has 0 aliphatic carbocycles. The van der Waals surface area contributed by atoms with Gasteiger partial charge in [0.15, 0.2) is 6.10 Å². The van der Waals surface area contributed by atoms with Gasteiger partial charge in [0.25, 0.3) is 0 Å². The lowest BCUT2D eigenvalue weighted by molar-refractivity contribution is -0.152. The summed E-state index contributed by atoms with van der Waals surface area (Å²) in [5.74, 6) is -0.725. The van der Waals surface area contributed by atoms with Crippen molar-refractivity contribution in [2.45, 2.75) is 37.5 Å². The van der Waals surface area contributed by atoms with E-state index in [4.69, 9.17) is 26.2 Å². The van der Waals surface area contributed by atoms with Crippen molar-refractivity contribution in [3.05, 3.63) is 28.8 Å². The van der Waals surface area contributed by atoms with E-state index in [2.05, 4.69) is 5.32 Å². The predicted octanol–water partition coefficient (Wildman–Crippen LogP) is 1.91. The van der Waals surface area contributed by atoms with Gasteiger partial charge in [-0.1, -0.05) is 23.7 Å². The number of hydrogen-bond donors (Lipinski definition) is 2. The molecule has 3 rings (SSSR count). The molecule has 2 N–H and O–H groups in total. The topological polar surface area (TPSA) is 84.9 Å². The highest BCUT2D eigenvalue weighted by Crippen LogP contribution is 2.37. The lowest BCUT2D eigenvalue weighted by Crippen LogP contribution is -2.39. The maximum Gasteiger partial charge on any atom is 0.332 e. The lowest BCUT2D eigenvalue weighted by atomic mass is 10.00. The summed E-state index contributed by atoms with van der Waals surface area (Å²) < 4.78 is 10.8. The molecular weight excluding hydrogens is 310 g/mol. The van der Waals surface area contributed by atoms with Crippen LogP contribution >= 0.6 is 11.6 Å². The van der Waals surface area contributed by atoms with E-state index >= 15 is 0 Å². The number of halogens is 1. The Morgan fingerprint density at radius 3 is 2.73 bits per heavy atom. The van der Waals surface area contributed by atoms with Crippen LogP contribution in [0.5, 0.6) is 5.75 Å². The zero-order valence-electron chi connectivity index (χ0n) is 11.8. The molecule has 2 heterocycles. The third kappa shape index (κ3) is 2.89. The number of carboxylic acids is 1. The number of para-hydroxylation sites is 1. The molecule has 22 heavy (non-hydrogen) atoms. The molecule has 2 aliphatic heterocycles. The highest BCUT2D eigenvalue weighted by molar-refractivity contribution is 6.32.